The Morgan fingerprint density at radius 3 is 1.96 bits per heavy atom. The first-order valence-electron chi connectivity index (χ1n) is 18.2. The van der Waals surface area contributed by atoms with Gasteiger partial charge in [-0.3, -0.25) is 0 Å². The Balaban J connectivity index is -0.00000354. The van der Waals surface area contributed by atoms with E-state index in [1.807, 2.05) is 32.0 Å². The number of hydrogen-bond donors (Lipinski definition) is 2. The molecule has 0 aromatic heterocycles. The molecular weight excluding hydrogens is 955 g/mol. The summed E-state index contributed by atoms with van der Waals surface area (Å²) in [4.78, 5) is 0. The molecule has 0 amide bonds. The van der Waals surface area contributed by atoms with Gasteiger partial charge in [0.2, 0.25) is 0 Å². The molecule has 2 N–H and O–H groups in total. The number of para-hydroxylation sites is 1. The fraction of sp³-hybridized carbons (Fsp3) is 0.610. The minimum absolute atomic E-state index is 0. The van der Waals surface area contributed by atoms with Crippen LogP contribution in [-0.4, -0.2) is 83.8 Å². The van der Waals surface area contributed by atoms with Crippen LogP contribution in [0, 0.1) is 6.92 Å². The molecule has 0 radical (unpaired) electrons. The molecule has 0 saturated heterocycles. The van der Waals surface area contributed by atoms with Gasteiger partial charge < -0.3 is 34.4 Å². The van der Waals surface area contributed by atoms with Gasteiger partial charge in [-0.15, -0.1) is 13.1 Å². The molecular formula is C41H71Hf2N3O4. The Labute approximate surface area is 345 Å². The monoisotopic (exact) mass is 1030 g/mol. The van der Waals surface area contributed by atoms with Gasteiger partial charge in [0.1, 0.15) is 5.75 Å². The number of rotatable bonds is 26. The predicted molar refractivity (Wildman–Crippen MR) is 206 cm³/mol. The fourth-order valence-electron chi connectivity index (χ4n) is 5.05. The maximum Gasteiger partial charge on any atom is 0.124 e. The molecule has 50 heavy (non-hydrogen) atoms. The summed E-state index contributed by atoms with van der Waals surface area (Å²) >= 11 is 0. The maximum absolute atomic E-state index is 7.00. The normalized spacial score (nSPS) is 11.0. The molecule has 0 fully saturated rings. The van der Waals surface area contributed by atoms with Gasteiger partial charge in [-0.2, -0.15) is 0 Å². The zero-order valence-electron chi connectivity index (χ0n) is 32.9. The zero-order valence-corrected chi connectivity index (χ0v) is 40.1. The van der Waals surface area contributed by atoms with Gasteiger partial charge in [-0.25, -0.2) is 0 Å². The van der Waals surface area contributed by atoms with E-state index in [-0.39, 0.29) is 51.7 Å². The molecule has 0 heterocycles. The van der Waals surface area contributed by atoms with Crippen LogP contribution in [0.15, 0.2) is 72.5 Å². The average Bonchev–Trinajstić information content (AvgIpc) is 3.11. The number of likely N-dealkylation sites (N-methyl/N-ethyl adjacent to an activating group) is 1. The molecule has 7 nitrogen and oxygen atoms in total. The molecule has 0 aliphatic rings. The Morgan fingerprint density at radius 1 is 0.780 bits per heavy atom. The third-order valence-electron chi connectivity index (χ3n) is 7.97. The number of nitrogens with one attached hydrogen (secondary N) is 1. The van der Waals surface area contributed by atoms with E-state index < -0.39 is 0 Å². The number of aryl methyl sites for hydroxylation is 1. The van der Waals surface area contributed by atoms with E-state index >= 15 is 0 Å². The van der Waals surface area contributed by atoms with Crippen LogP contribution in [0.1, 0.15) is 88.8 Å². The summed E-state index contributed by atoms with van der Waals surface area (Å²) < 4.78 is 18.2. The van der Waals surface area contributed by atoms with Crippen molar-refractivity contribution in [3.63, 3.8) is 0 Å². The van der Waals surface area contributed by atoms with E-state index in [0.717, 1.165) is 88.2 Å². The van der Waals surface area contributed by atoms with Crippen molar-refractivity contribution in [2.45, 2.75) is 92.3 Å². The number of quaternary nitrogens is 1. The number of methoxy groups -OCH3 is 1. The molecule has 0 spiro atoms. The van der Waals surface area contributed by atoms with E-state index in [4.69, 9.17) is 24.6 Å². The number of aliphatic hydroxyl groups excluding tert-OH is 1. The van der Waals surface area contributed by atoms with Gasteiger partial charge in [-0.05, 0) is 68.5 Å². The summed E-state index contributed by atoms with van der Waals surface area (Å²) in [6.07, 6.45) is 15.8. The molecule has 282 valence electrons. The summed E-state index contributed by atoms with van der Waals surface area (Å²) in [7, 11) is 7.39. The summed E-state index contributed by atoms with van der Waals surface area (Å²) in [6, 6.07) is 16.5. The fourth-order valence-corrected chi connectivity index (χ4v) is 5.05. The van der Waals surface area contributed by atoms with Gasteiger partial charge in [0.25, 0.3) is 0 Å². The zero-order chi connectivity index (χ0) is 35.7. The van der Waals surface area contributed by atoms with Gasteiger partial charge in [0.05, 0.1) is 54.1 Å². The van der Waals surface area contributed by atoms with Crippen molar-refractivity contribution in [1.82, 2.24) is 5.32 Å². The quantitative estimate of drug-likeness (QED) is 0.0427. The van der Waals surface area contributed by atoms with E-state index in [1.54, 1.807) is 7.11 Å². The molecule has 2 aromatic rings. The van der Waals surface area contributed by atoms with Crippen LogP contribution in [0.25, 0.3) is 5.32 Å². The first-order chi connectivity index (χ1) is 23.4. The van der Waals surface area contributed by atoms with Gasteiger partial charge in [0, 0.05) is 77.6 Å². The third kappa shape index (κ3) is 28.6. The van der Waals surface area contributed by atoms with Crippen molar-refractivity contribution >= 4 is 0 Å². The third-order valence-corrected chi connectivity index (χ3v) is 7.97. The van der Waals surface area contributed by atoms with Gasteiger partial charge in [-0.1, -0.05) is 94.1 Å². The molecule has 0 aliphatic carbocycles. The van der Waals surface area contributed by atoms with Crippen LogP contribution < -0.4 is 10.1 Å². The molecule has 9 heteroatoms. The second-order valence-corrected chi connectivity index (χ2v) is 12.3. The van der Waals surface area contributed by atoms with E-state index in [9.17, 15) is 0 Å². The summed E-state index contributed by atoms with van der Waals surface area (Å²) in [6.45, 7) is 16.1. The molecule has 0 bridgehead atoms. The van der Waals surface area contributed by atoms with Crippen LogP contribution >= 0.6 is 0 Å². The predicted octanol–water partition coefficient (Wildman–Crippen LogP) is 8.99. The second kappa shape index (κ2) is 37.8. The largest absolute Gasteiger partial charge is 0.657 e. The Kier molecular flexibility index (Phi) is 40.4. The van der Waals surface area contributed by atoms with E-state index in [0.29, 0.717) is 6.61 Å². The second-order valence-electron chi connectivity index (χ2n) is 12.3. The maximum atomic E-state index is 7.00. The van der Waals surface area contributed by atoms with E-state index in [2.05, 4.69) is 81.8 Å². The summed E-state index contributed by atoms with van der Waals surface area (Å²) in [5.74, 6) is 0.896. The van der Waals surface area contributed by atoms with Crippen LogP contribution in [0.2, 0.25) is 0 Å². The number of benzene rings is 2. The molecule has 0 aliphatic heterocycles. The van der Waals surface area contributed by atoms with Crippen molar-refractivity contribution in [2.75, 3.05) is 74.3 Å². The Bertz CT molecular complexity index is 1080. The van der Waals surface area contributed by atoms with Crippen molar-refractivity contribution in [3.8, 4) is 5.75 Å². The summed E-state index contributed by atoms with van der Waals surface area (Å²) in [5.41, 5.74) is 4.92. The minimum Gasteiger partial charge on any atom is -0.657 e. The summed E-state index contributed by atoms with van der Waals surface area (Å²) in [5, 5.41) is 15.5. The molecule has 2 rings (SSSR count). The minimum atomic E-state index is 0. The first kappa shape index (κ1) is 53.4. The van der Waals surface area contributed by atoms with Crippen LogP contribution in [-0.2, 0) is 74.4 Å². The van der Waals surface area contributed by atoms with Gasteiger partial charge >= 0.3 is 0 Å². The number of hydrogen-bond acceptors (Lipinski definition) is 5. The number of aliphatic hydroxyl groups is 1. The van der Waals surface area contributed by atoms with Crippen molar-refractivity contribution in [2.24, 2.45) is 0 Å². The standard InChI is InChI=1S/C38H61N3O3.C2H6.CH4O.2Hf/c1-6-7-23-37(31-39-25-16-8-10-18-30-44-33-36-22-14-15-24-38(36)42-5)40-26-28-41(3,4)27-17-9-11-19-29-43-32-35-21-13-12-20-34(35)2;2*1-2;;/h6-7,12-15,20-24,40H,8-11,16-19,25-33H2,1-5H3;1-2H3;2H,1H3;;/b7-6-,37-23-;;;;. The topological polar surface area (TPSA) is 74.1 Å². The molecule has 0 saturated carbocycles. The first-order valence-corrected chi connectivity index (χ1v) is 18.2. The molecule has 0 unspecified atom stereocenters. The SMILES string of the molecule is C/C=C\C=C(\C[N-]CCCCCCOCc1ccccc1OC)NCC[N+](C)(C)CCCCCCOCc1ccccc1C.CC.CO.[Hf].[Hf]. The Hall–Kier alpha value is -0.940. The molecule has 0 atom stereocenters. The number of unbranched alkanes of at least 4 members (excludes halogenated alkanes) is 6. The van der Waals surface area contributed by atoms with Crippen molar-refractivity contribution in [1.29, 1.82) is 0 Å². The number of allylic oxidation sites excluding steroid dienone is 3. The van der Waals surface area contributed by atoms with Crippen LogP contribution in [0.4, 0.5) is 0 Å². The number of nitrogens with zero attached hydrogens (tertiary/aromatic N) is 2. The van der Waals surface area contributed by atoms with Crippen molar-refractivity contribution in [3.05, 3.63) is 94.5 Å². The Morgan fingerprint density at radius 2 is 1.34 bits per heavy atom. The van der Waals surface area contributed by atoms with Gasteiger partial charge in [0.15, 0.2) is 0 Å². The average molecular weight is 1030 g/mol. The smallest absolute Gasteiger partial charge is 0.124 e. The number of ether oxygens (including phenoxy) is 3. The van der Waals surface area contributed by atoms with Crippen molar-refractivity contribution < 1.29 is 75.5 Å². The molecule has 2 aromatic carbocycles. The van der Waals surface area contributed by atoms with E-state index in [1.165, 1.54) is 55.5 Å². The van der Waals surface area contributed by atoms with Crippen LogP contribution in [0.3, 0.4) is 0 Å². The van der Waals surface area contributed by atoms with Crippen LogP contribution in [0.5, 0.6) is 5.75 Å².